The van der Waals surface area contributed by atoms with E-state index in [0.29, 0.717) is 19.1 Å². The van der Waals surface area contributed by atoms with E-state index < -0.39 is 5.41 Å². The minimum atomic E-state index is -0.406. The Labute approximate surface area is 186 Å². The van der Waals surface area contributed by atoms with E-state index in [1.807, 2.05) is 0 Å². The van der Waals surface area contributed by atoms with Gasteiger partial charge in [0, 0.05) is 5.92 Å². The van der Waals surface area contributed by atoms with Crippen molar-refractivity contribution in [1.29, 1.82) is 5.26 Å². The monoisotopic (exact) mass is 417 g/mol. The van der Waals surface area contributed by atoms with Gasteiger partial charge in [-0.3, -0.25) is 0 Å². The van der Waals surface area contributed by atoms with Crippen LogP contribution in [0.25, 0.3) is 0 Å². The maximum atomic E-state index is 9.76. The van der Waals surface area contributed by atoms with Crippen LogP contribution in [0.5, 0.6) is 0 Å². The predicted octanol–water partition coefficient (Wildman–Crippen LogP) is 7.64. The van der Waals surface area contributed by atoms with Crippen molar-refractivity contribution in [2.24, 2.45) is 29.1 Å². The molecular weight excluding hydrogens is 370 g/mol. The quantitative estimate of drug-likeness (QED) is 0.343. The van der Waals surface area contributed by atoms with Gasteiger partial charge in [-0.15, -0.1) is 0 Å². The van der Waals surface area contributed by atoms with Crippen molar-refractivity contribution in [3.05, 3.63) is 0 Å². The molecule has 1 aliphatic heterocycles. The van der Waals surface area contributed by atoms with Gasteiger partial charge in [-0.1, -0.05) is 71.6 Å². The SMILES string of the molecule is CCCCCCC[C@]1(C#N)CO[C@H]([C@H]2CC[C@@H]([C@H]3CC[C@H](CCC)CC3)CC2)OC1. The van der Waals surface area contributed by atoms with Crippen LogP contribution in [0.2, 0.25) is 0 Å². The molecule has 1 saturated heterocycles. The number of hydrogen-bond acceptors (Lipinski definition) is 3. The summed E-state index contributed by atoms with van der Waals surface area (Å²) >= 11 is 0. The zero-order valence-electron chi connectivity index (χ0n) is 19.9. The van der Waals surface area contributed by atoms with Crippen LogP contribution < -0.4 is 0 Å². The van der Waals surface area contributed by atoms with Crippen molar-refractivity contribution < 1.29 is 9.47 Å². The fourth-order valence-electron chi connectivity index (χ4n) is 6.42. The zero-order chi connectivity index (χ0) is 21.2. The van der Waals surface area contributed by atoms with Crippen molar-refractivity contribution in [2.45, 2.75) is 123 Å². The molecule has 0 aromatic rings. The molecule has 3 heteroatoms. The third kappa shape index (κ3) is 6.70. The average Bonchev–Trinajstić information content (AvgIpc) is 2.80. The Kier molecular flexibility index (Phi) is 9.98. The topological polar surface area (TPSA) is 42.2 Å². The number of hydrogen-bond donors (Lipinski definition) is 0. The van der Waals surface area contributed by atoms with Crippen LogP contribution >= 0.6 is 0 Å². The summed E-state index contributed by atoms with van der Waals surface area (Å²) in [6.07, 6.45) is 21.0. The smallest absolute Gasteiger partial charge is 0.160 e. The van der Waals surface area contributed by atoms with Crippen LogP contribution in [0.4, 0.5) is 0 Å². The van der Waals surface area contributed by atoms with E-state index >= 15 is 0 Å². The fraction of sp³-hybridized carbons (Fsp3) is 0.963. The van der Waals surface area contributed by atoms with Gasteiger partial charge in [-0.2, -0.15) is 5.26 Å². The van der Waals surface area contributed by atoms with Crippen molar-refractivity contribution in [2.75, 3.05) is 13.2 Å². The summed E-state index contributed by atoms with van der Waals surface area (Å²) in [4.78, 5) is 0. The highest BCUT2D eigenvalue weighted by molar-refractivity contribution is 5.01. The molecule has 172 valence electrons. The fourth-order valence-corrected chi connectivity index (χ4v) is 6.42. The normalized spacial score (nSPS) is 37.6. The van der Waals surface area contributed by atoms with Crippen molar-refractivity contribution in [3.63, 3.8) is 0 Å². The van der Waals surface area contributed by atoms with Crippen LogP contribution in [-0.4, -0.2) is 19.5 Å². The zero-order valence-corrected chi connectivity index (χ0v) is 19.9. The number of rotatable bonds is 10. The lowest BCUT2D eigenvalue weighted by molar-refractivity contribution is -0.244. The average molecular weight is 418 g/mol. The van der Waals surface area contributed by atoms with Crippen molar-refractivity contribution >= 4 is 0 Å². The molecular formula is C27H47NO2. The molecule has 0 aromatic carbocycles. The van der Waals surface area contributed by atoms with Gasteiger partial charge in [0.05, 0.1) is 19.3 Å². The van der Waals surface area contributed by atoms with Crippen LogP contribution in [0.15, 0.2) is 0 Å². The van der Waals surface area contributed by atoms with E-state index in [4.69, 9.17) is 9.47 Å². The Morgan fingerprint density at radius 1 is 0.733 bits per heavy atom. The largest absolute Gasteiger partial charge is 0.351 e. The highest BCUT2D eigenvalue weighted by Crippen LogP contribution is 2.44. The van der Waals surface area contributed by atoms with Crippen LogP contribution in [0.3, 0.4) is 0 Å². The lowest BCUT2D eigenvalue weighted by atomic mass is 9.68. The Bertz CT molecular complexity index is 503. The highest BCUT2D eigenvalue weighted by Gasteiger charge is 2.41. The van der Waals surface area contributed by atoms with Crippen LogP contribution in [-0.2, 0) is 9.47 Å². The summed E-state index contributed by atoms with van der Waals surface area (Å²) in [6.45, 7) is 5.72. The Morgan fingerprint density at radius 3 is 1.87 bits per heavy atom. The van der Waals surface area contributed by atoms with Crippen LogP contribution in [0, 0.1) is 40.4 Å². The summed E-state index contributed by atoms with van der Waals surface area (Å²) in [6, 6.07) is 2.54. The molecule has 0 radical (unpaired) electrons. The first-order chi connectivity index (χ1) is 14.7. The molecule has 0 N–H and O–H groups in total. The van der Waals surface area contributed by atoms with E-state index in [1.165, 1.54) is 89.9 Å². The Morgan fingerprint density at radius 2 is 1.30 bits per heavy atom. The minimum absolute atomic E-state index is 0.0622. The van der Waals surface area contributed by atoms with Gasteiger partial charge in [-0.25, -0.2) is 0 Å². The summed E-state index contributed by atoms with van der Waals surface area (Å²) in [5.41, 5.74) is -0.406. The van der Waals surface area contributed by atoms with Gasteiger partial charge in [0.1, 0.15) is 5.41 Å². The van der Waals surface area contributed by atoms with E-state index in [9.17, 15) is 5.26 Å². The van der Waals surface area contributed by atoms with Gasteiger partial charge >= 0.3 is 0 Å². The van der Waals surface area contributed by atoms with Gasteiger partial charge in [0.25, 0.3) is 0 Å². The first-order valence-corrected chi connectivity index (χ1v) is 13.3. The second-order valence-corrected chi connectivity index (χ2v) is 10.8. The molecule has 1 heterocycles. The minimum Gasteiger partial charge on any atom is -0.351 e. The summed E-state index contributed by atoms with van der Waals surface area (Å²) in [5.74, 6) is 3.47. The molecule has 30 heavy (non-hydrogen) atoms. The number of nitriles is 1. The molecule has 2 aliphatic carbocycles. The molecule has 2 saturated carbocycles. The number of unbranched alkanes of at least 4 members (excludes halogenated alkanes) is 4. The van der Waals surface area contributed by atoms with Gasteiger partial charge in [-0.05, 0) is 62.7 Å². The molecule has 0 atom stereocenters. The molecule has 3 nitrogen and oxygen atoms in total. The summed E-state index contributed by atoms with van der Waals surface area (Å²) < 4.78 is 12.4. The van der Waals surface area contributed by atoms with E-state index in [0.717, 1.165) is 30.6 Å². The van der Waals surface area contributed by atoms with E-state index in [2.05, 4.69) is 19.9 Å². The summed E-state index contributed by atoms with van der Waals surface area (Å²) in [5, 5.41) is 9.76. The first kappa shape index (κ1) is 24.1. The lowest BCUT2D eigenvalue weighted by Gasteiger charge is -2.42. The third-order valence-corrected chi connectivity index (χ3v) is 8.50. The Balaban J connectivity index is 1.35. The maximum absolute atomic E-state index is 9.76. The Hall–Kier alpha value is -0.590. The maximum Gasteiger partial charge on any atom is 0.160 e. The van der Waals surface area contributed by atoms with Gasteiger partial charge in [0.2, 0.25) is 0 Å². The molecule has 3 rings (SSSR count). The molecule has 0 unspecified atom stereocenters. The molecule has 0 bridgehead atoms. The summed E-state index contributed by atoms with van der Waals surface area (Å²) in [7, 11) is 0. The number of ether oxygens (including phenoxy) is 2. The highest BCUT2D eigenvalue weighted by atomic mass is 16.7. The second-order valence-electron chi connectivity index (χ2n) is 10.8. The first-order valence-electron chi connectivity index (χ1n) is 13.3. The molecule has 0 amide bonds. The van der Waals surface area contributed by atoms with Crippen molar-refractivity contribution in [3.8, 4) is 6.07 Å². The third-order valence-electron chi connectivity index (χ3n) is 8.50. The standard InChI is InChI=1S/C27H47NO2/c1-3-5-6-7-8-18-27(19-28)20-29-26(30-21-27)25-16-14-24(15-17-25)23-12-10-22(9-4-2)11-13-23/h22-26H,3-18,20-21H2,1-2H3/t22-,23-,24-,25+,26-,27-. The molecule has 0 aromatic heterocycles. The molecule has 3 aliphatic rings. The molecule has 0 spiro atoms. The van der Waals surface area contributed by atoms with Gasteiger partial charge < -0.3 is 9.47 Å². The van der Waals surface area contributed by atoms with Crippen LogP contribution in [0.1, 0.15) is 117 Å². The predicted molar refractivity (Wildman–Crippen MR) is 123 cm³/mol. The number of nitrogens with zero attached hydrogens (tertiary/aromatic N) is 1. The second kappa shape index (κ2) is 12.4. The van der Waals surface area contributed by atoms with E-state index in [-0.39, 0.29) is 6.29 Å². The van der Waals surface area contributed by atoms with E-state index in [1.54, 1.807) is 0 Å². The van der Waals surface area contributed by atoms with Crippen molar-refractivity contribution in [1.82, 2.24) is 0 Å². The molecule has 3 fully saturated rings. The lowest BCUT2D eigenvalue weighted by Crippen LogP contribution is -2.44. The van der Waals surface area contributed by atoms with Gasteiger partial charge in [0.15, 0.2) is 6.29 Å².